The lowest BCUT2D eigenvalue weighted by Gasteiger charge is -2.19. The molecule has 3 rings (SSSR count). The minimum absolute atomic E-state index is 0.0789. The van der Waals surface area contributed by atoms with Crippen LogP contribution in [0.15, 0.2) is 24.3 Å². The maximum atomic E-state index is 12.3. The molecule has 1 aliphatic heterocycles. The van der Waals surface area contributed by atoms with Crippen LogP contribution in [0.2, 0.25) is 0 Å². The normalized spacial score (nSPS) is 27.9. The summed E-state index contributed by atoms with van der Waals surface area (Å²) in [6, 6.07) is 7.78. The van der Waals surface area contributed by atoms with E-state index in [0.717, 1.165) is 17.9 Å². The summed E-state index contributed by atoms with van der Waals surface area (Å²) < 4.78 is 5.56. The van der Waals surface area contributed by atoms with Gasteiger partial charge in [-0.1, -0.05) is 24.6 Å². The van der Waals surface area contributed by atoms with Crippen molar-refractivity contribution in [2.75, 3.05) is 19.0 Å². The van der Waals surface area contributed by atoms with E-state index >= 15 is 0 Å². The molecule has 1 aliphatic carbocycles. The monoisotopic (exact) mass is 293 g/mol. The number of hydrogen-bond acceptors (Lipinski definition) is 2. The molecule has 2 aliphatic rings. The first-order valence-corrected chi connectivity index (χ1v) is 7.88. The maximum absolute atomic E-state index is 12.3. The summed E-state index contributed by atoms with van der Waals surface area (Å²) in [6.07, 6.45) is 3.60. The summed E-state index contributed by atoms with van der Waals surface area (Å²) in [6.45, 7) is 1.20. The smallest absolute Gasteiger partial charge is 0.231 e. The Bertz CT molecular complexity index is 491. The van der Waals surface area contributed by atoms with Gasteiger partial charge in [-0.15, -0.1) is 11.6 Å². The van der Waals surface area contributed by atoms with Crippen LogP contribution in [0.25, 0.3) is 0 Å². The fourth-order valence-corrected chi connectivity index (χ4v) is 3.73. The number of benzene rings is 1. The highest BCUT2D eigenvalue weighted by atomic mass is 35.5. The molecule has 1 N–H and O–H groups in total. The Hall–Kier alpha value is -1.22. The Morgan fingerprint density at radius 1 is 1.30 bits per heavy atom. The molecule has 0 aromatic heterocycles. The minimum Gasteiger partial charge on any atom is -0.492 e. The van der Waals surface area contributed by atoms with Crippen LogP contribution in [-0.4, -0.2) is 24.9 Å². The first-order chi connectivity index (χ1) is 9.79. The van der Waals surface area contributed by atoms with Crippen LogP contribution >= 0.6 is 11.6 Å². The van der Waals surface area contributed by atoms with Crippen LogP contribution in [0.3, 0.4) is 0 Å². The number of para-hydroxylation sites is 1. The third-order valence-electron chi connectivity index (χ3n) is 4.57. The van der Waals surface area contributed by atoms with Crippen LogP contribution in [0, 0.1) is 11.8 Å². The van der Waals surface area contributed by atoms with Gasteiger partial charge in [0.2, 0.25) is 5.91 Å². The van der Waals surface area contributed by atoms with Gasteiger partial charge in [0.15, 0.2) is 0 Å². The summed E-state index contributed by atoms with van der Waals surface area (Å²) in [5.41, 5.74) is 1.00. The van der Waals surface area contributed by atoms with E-state index in [9.17, 15) is 4.79 Å². The SMILES string of the molecule is O=C(NCC1CCCC1CCl)C1COc2ccccc21. The number of hydrogen-bond donors (Lipinski definition) is 1. The fraction of sp³-hybridized carbons (Fsp3) is 0.562. The molecule has 3 atom stereocenters. The average molecular weight is 294 g/mol. The molecule has 0 bridgehead atoms. The van der Waals surface area contributed by atoms with Gasteiger partial charge in [-0.2, -0.15) is 0 Å². The third-order valence-corrected chi connectivity index (χ3v) is 4.97. The molecule has 1 saturated carbocycles. The molecule has 0 spiro atoms. The largest absolute Gasteiger partial charge is 0.492 e. The minimum atomic E-state index is -0.165. The molecule has 3 unspecified atom stereocenters. The molecule has 0 saturated heterocycles. The zero-order valence-corrected chi connectivity index (χ0v) is 12.2. The molecule has 3 nitrogen and oxygen atoms in total. The van der Waals surface area contributed by atoms with E-state index in [4.69, 9.17) is 16.3 Å². The Labute approximate surface area is 124 Å². The number of alkyl halides is 1. The van der Waals surface area contributed by atoms with E-state index in [2.05, 4.69) is 5.32 Å². The van der Waals surface area contributed by atoms with Gasteiger partial charge in [-0.25, -0.2) is 0 Å². The van der Waals surface area contributed by atoms with Crippen molar-refractivity contribution in [2.45, 2.75) is 25.2 Å². The first kappa shape index (κ1) is 13.7. The highest BCUT2D eigenvalue weighted by molar-refractivity contribution is 6.18. The molecule has 1 fully saturated rings. The molecule has 1 amide bonds. The zero-order valence-electron chi connectivity index (χ0n) is 11.5. The number of carbonyl (C=O) groups excluding carboxylic acids is 1. The summed E-state index contributed by atoms with van der Waals surface area (Å²) in [4.78, 5) is 12.3. The molecule has 1 heterocycles. The highest BCUT2D eigenvalue weighted by Gasteiger charge is 2.32. The predicted molar refractivity (Wildman–Crippen MR) is 79.2 cm³/mol. The Morgan fingerprint density at radius 3 is 2.95 bits per heavy atom. The van der Waals surface area contributed by atoms with Gasteiger partial charge in [-0.05, 0) is 30.7 Å². The second-order valence-electron chi connectivity index (χ2n) is 5.75. The van der Waals surface area contributed by atoms with Crippen molar-refractivity contribution in [2.24, 2.45) is 11.8 Å². The highest BCUT2D eigenvalue weighted by Crippen LogP contribution is 2.34. The Morgan fingerprint density at radius 2 is 2.10 bits per heavy atom. The van der Waals surface area contributed by atoms with Crippen LogP contribution < -0.4 is 10.1 Å². The van der Waals surface area contributed by atoms with Crippen LogP contribution in [0.4, 0.5) is 0 Å². The first-order valence-electron chi connectivity index (χ1n) is 7.35. The second kappa shape index (κ2) is 6.04. The quantitative estimate of drug-likeness (QED) is 0.867. The Kier molecular flexibility index (Phi) is 4.16. The van der Waals surface area contributed by atoms with Gasteiger partial charge in [0.1, 0.15) is 18.3 Å². The molecule has 20 heavy (non-hydrogen) atoms. The van der Waals surface area contributed by atoms with Crippen molar-refractivity contribution < 1.29 is 9.53 Å². The number of rotatable bonds is 4. The van der Waals surface area contributed by atoms with E-state index in [0.29, 0.717) is 24.3 Å². The van der Waals surface area contributed by atoms with E-state index in [1.54, 1.807) is 0 Å². The molecular formula is C16H20ClNO2. The molecular weight excluding hydrogens is 274 g/mol. The van der Waals surface area contributed by atoms with Gasteiger partial charge in [0.05, 0.1) is 0 Å². The topological polar surface area (TPSA) is 38.3 Å². The van der Waals surface area contributed by atoms with Gasteiger partial charge >= 0.3 is 0 Å². The molecule has 1 aromatic carbocycles. The van der Waals surface area contributed by atoms with Gasteiger partial charge in [-0.3, -0.25) is 4.79 Å². The van der Waals surface area contributed by atoms with Crippen molar-refractivity contribution in [3.63, 3.8) is 0 Å². The molecule has 0 radical (unpaired) electrons. The standard InChI is InChI=1S/C16H20ClNO2/c17-8-11-4-3-5-12(11)9-18-16(19)14-10-20-15-7-2-1-6-13(14)15/h1-2,6-7,11-12,14H,3-5,8-10H2,(H,18,19). The average Bonchev–Trinajstić information content (AvgIpc) is 3.11. The van der Waals surface area contributed by atoms with Crippen molar-refractivity contribution in [1.29, 1.82) is 0 Å². The predicted octanol–water partition coefficient (Wildman–Crippen LogP) is 2.93. The zero-order chi connectivity index (χ0) is 13.9. The lowest BCUT2D eigenvalue weighted by atomic mass is 9.96. The molecule has 108 valence electrons. The number of amides is 1. The molecule has 1 aromatic rings. The maximum Gasteiger partial charge on any atom is 0.231 e. The second-order valence-corrected chi connectivity index (χ2v) is 6.06. The number of carbonyl (C=O) groups is 1. The van der Waals surface area contributed by atoms with E-state index in [1.165, 1.54) is 19.3 Å². The van der Waals surface area contributed by atoms with Gasteiger partial charge in [0, 0.05) is 18.0 Å². The van der Waals surface area contributed by atoms with Crippen molar-refractivity contribution in [3.05, 3.63) is 29.8 Å². The van der Waals surface area contributed by atoms with Crippen LogP contribution in [0.1, 0.15) is 30.7 Å². The number of ether oxygens (including phenoxy) is 1. The van der Waals surface area contributed by atoms with E-state index in [-0.39, 0.29) is 11.8 Å². The van der Waals surface area contributed by atoms with Crippen LogP contribution in [0.5, 0.6) is 5.75 Å². The van der Waals surface area contributed by atoms with Gasteiger partial charge in [0.25, 0.3) is 0 Å². The number of nitrogens with one attached hydrogen (secondary N) is 1. The number of fused-ring (bicyclic) bond motifs is 1. The van der Waals surface area contributed by atoms with Crippen molar-refractivity contribution in [3.8, 4) is 5.75 Å². The van der Waals surface area contributed by atoms with E-state index < -0.39 is 0 Å². The summed E-state index contributed by atoms with van der Waals surface area (Å²) in [5.74, 6) is 2.55. The summed E-state index contributed by atoms with van der Waals surface area (Å²) in [5, 5.41) is 3.09. The lowest BCUT2D eigenvalue weighted by molar-refractivity contribution is -0.123. The third kappa shape index (κ3) is 2.64. The van der Waals surface area contributed by atoms with Gasteiger partial charge < -0.3 is 10.1 Å². The fourth-order valence-electron chi connectivity index (χ4n) is 3.32. The van der Waals surface area contributed by atoms with Crippen LogP contribution in [-0.2, 0) is 4.79 Å². The van der Waals surface area contributed by atoms with Crippen molar-refractivity contribution >= 4 is 17.5 Å². The Balaban J connectivity index is 1.58. The van der Waals surface area contributed by atoms with Crippen molar-refractivity contribution in [1.82, 2.24) is 5.32 Å². The lowest BCUT2D eigenvalue weighted by Crippen LogP contribution is -2.35. The number of halogens is 1. The van der Waals surface area contributed by atoms with E-state index in [1.807, 2.05) is 24.3 Å². The molecule has 4 heteroatoms. The summed E-state index contributed by atoms with van der Waals surface area (Å²) in [7, 11) is 0. The summed E-state index contributed by atoms with van der Waals surface area (Å²) >= 11 is 5.98.